The first-order valence-corrected chi connectivity index (χ1v) is 4.96. The van der Waals surface area contributed by atoms with E-state index in [1.807, 2.05) is 0 Å². The van der Waals surface area contributed by atoms with Crippen LogP contribution in [0, 0.1) is 11.6 Å². The van der Waals surface area contributed by atoms with Crippen LogP contribution in [0.1, 0.15) is 12.5 Å². The highest BCUT2D eigenvalue weighted by Crippen LogP contribution is 2.10. The molecule has 3 N–H and O–H groups in total. The molecule has 1 rings (SSSR count). The number of carbonyl (C=O) groups is 1. The maximum Gasteiger partial charge on any atom is 0.224 e. The number of nitrogens with one attached hydrogen (secondary N) is 1. The minimum atomic E-state index is -0.712. The molecule has 0 unspecified atom stereocenters. The Morgan fingerprint density at radius 1 is 1.47 bits per heavy atom. The van der Waals surface area contributed by atoms with E-state index >= 15 is 0 Å². The Kier molecular flexibility index (Phi) is 6.68. The summed E-state index contributed by atoms with van der Waals surface area (Å²) in [5.41, 5.74) is 5.49. The van der Waals surface area contributed by atoms with E-state index in [9.17, 15) is 13.6 Å². The number of amides is 1. The summed E-state index contributed by atoms with van der Waals surface area (Å²) in [7, 11) is 0. The molecule has 0 bridgehead atoms. The van der Waals surface area contributed by atoms with Gasteiger partial charge in [-0.2, -0.15) is 0 Å². The number of benzene rings is 1. The second-order valence-electron chi connectivity index (χ2n) is 3.62. The Morgan fingerprint density at radius 3 is 2.65 bits per heavy atom. The standard InChI is InChI=1S/C11H14F2N2O.ClH/c1-7(6-14)15-11(16)4-8-2-3-9(12)5-10(8)13;/h2-3,5,7H,4,6,14H2,1H3,(H,15,16);1H/t7-;/m1./s1. The van der Waals surface area contributed by atoms with Gasteiger partial charge in [0, 0.05) is 18.7 Å². The van der Waals surface area contributed by atoms with Gasteiger partial charge >= 0.3 is 0 Å². The van der Waals surface area contributed by atoms with Gasteiger partial charge in [-0.1, -0.05) is 6.07 Å². The average molecular weight is 265 g/mol. The van der Waals surface area contributed by atoms with E-state index in [0.29, 0.717) is 6.54 Å². The van der Waals surface area contributed by atoms with Crippen LogP contribution in [0.3, 0.4) is 0 Å². The summed E-state index contributed by atoms with van der Waals surface area (Å²) < 4.78 is 25.8. The van der Waals surface area contributed by atoms with Crippen molar-refractivity contribution >= 4 is 18.3 Å². The molecule has 0 radical (unpaired) electrons. The van der Waals surface area contributed by atoms with E-state index in [1.54, 1.807) is 6.92 Å². The lowest BCUT2D eigenvalue weighted by atomic mass is 10.1. The van der Waals surface area contributed by atoms with Crippen molar-refractivity contribution in [3.05, 3.63) is 35.4 Å². The van der Waals surface area contributed by atoms with Crippen molar-refractivity contribution in [3.8, 4) is 0 Å². The van der Waals surface area contributed by atoms with E-state index < -0.39 is 11.6 Å². The predicted octanol–water partition coefficient (Wildman–Crippen LogP) is 1.39. The second-order valence-corrected chi connectivity index (χ2v) is 3.62. The minimum absolute atomic E-state index is 0. The molecule has 1 aromatic rings. The van der Waals surface area contributed by atoms with Crippen molar-refractivity contribution in [2.24, 2.45) is 5.73 Å². The molecule has 1 aromatic carbocycles. The van der Waals surface area contributed by atoms with Crippen molar-refractivity contribution in [1.82, 2.24) is 5.32 Å². The van der Waals surface area contributed by atoms with Crippen molar-refractivity contribution < 1.29 is 13.6 Å². The first kappa shape index (κ1) is 15.8. The van der Waals surface area contributed by atoms with Gasteiger partial charge in [0.05, 0.1) is 6.42 Å². The van der Waals surface area contributed by atoms with Crippen molar-refractivity contribution in [2.75, 3.05) is 6.54 Å². The van der Waals surface area contributed by atoms with Gasteiger partial charge < -0.3 is 11.1 Å². The molecule has 1 amide bonds. The van der Waals surface area contributed by atoms with E-state index in [4.69, 9.17) is 5.73 Å². The lowest BCUT2D eigenvalue weighted by Gasteiger charge is -2.11. The summed E-state index contributed by atoms with van der Waals surface area (Å²) in [4.78, 5) is 11.4. The van der Waals surface area contributed by atoms with Gasteiger partial charge in [-0.25, -0.2) is 8.78 Å². The highest BCUT2D eigenvalue weighted by atomic mass is 35.5. The average Bonchev–Trinajstić information content (AvgIpc) is 2.22. The second kappa shape index (κ2) is 7.19. The van der Waals surface area contributed by atoms with Crippen LogP contribution in [0.4, 0.5) is 8.78 Å². The maximum atomic E-state index is 13.2. The first-order valence-electron chi connectivity index (χ1n) is 4.96. The van der Waals surface area contributed by atoms with Crippen LogP contribution in [0.5, 0.6) is 0 Å². The fourth-order valence-electron chi connectivity index (χ4n) is 1.22. The molecule has 0 saturated carbocycles. The van der Waals surface area contributed by atoms with Gasteiger partial charge in [0.15, 0.2) is 0 Å². The molecule has 6 heteroatoms. The van der Waals surface area contributed by atoms with Gasteiger partial charge in [0.2, 0.25) is 5.91 Å². The third-order valence-electron chi connectivity index (χ3n) is 2.13. The summed E-state index contributed by atoms with van der Waals surface area (Å²) in [6, 6.07) is 2.99. The molecule has 0 aromatic heterocycles. The molecule has 0 fully saturated rings. The van der Waals surface area contributed by atoms with E-state index in [-0.39, 0.29) is 36.3 Å². The number of hydrogen-bond donors (Lipinski definition) is 2. The van der Waals surface area contributed by atoms with Crippen LogP contribution in [-0.4, -0.2) is 18.5 Å². The van der Waals surface area contributed by atoms with E-state index in [1.165, 1.54) is 6.07 Å². The van der Waals surface area contributed by atoms with Crippen molar-refractivity contribution in [2.45, 2.75) is 19.4 Å². The van der Waals surface area contributed by atoms with Gasteiger partial charge in [-0.05, 0) is 18.6 Å². The number of halogens is 3. The van der Waals surface area contributed by atoms with Crippen LogP contribution < -0.4 is 11.1 Å². The molecule has 0 heterocycles. The Labute approximate surface area is 105 Å². The van der Waals surface area contributed by atoms with Crippen molar-refractivity contribution in [1.29, 1.82) is 0 Å². The summed E-state index contributed by atoms with van der Waals surface area (Å²) in [5, 5.41) is 2.60. The normalized spacial score (nSPS) is 11.5. The zero-order valence-electron chi connectivity index (χ0n) is 9.37. The predicted molar refractivity (Wildman–Crippen MR) is 64.0 cm³/mol. The van der Waals surface area contributed by atoms with Crippen LogP contribution in [0.15, 0.2) is 18.2 Å². The number of carbonyl (C=O) groups excluding carboxylic acids is 1. The van der Waals surface area contributed by atoms with Crippen LogP contribution in [0.2, 0.25) is 0 Å². The minimum Gasteiger partial charge on any atom is -0.352 e. The molecular weight excluding hydrogens is 250 g/mol. The monoisotopic (exact) mass is 264 g/mol. The Balaban J connectivity index is 0.00000256. The summed E-state index contributed by atoms with van der Waals surface area (Å²) >= 11 is 0. The fraction of sp³-hybridized carbons (Fsp3) is 0.364. The smallest absolute Gasteiger partial charge is 0.224 e. The van der Waals surface area contributed by atoms with E-state index in [2.05, 4.69) is 5.32 Å². The number of nitrogens with two attached hydrogens (primary N) is 1. The molecule has 0 aliphatic rings. The van der Waals surface area contributed by atoms with Gasteiger partial charge in [-0.15, -0.1) is 12.4 Å². The maximum absolute atomic E-state index is 13.2. The molecule has 0 spiro atoms. The molecule has 17 heavy (non-hydrogen) atoms. The van der Waals surface area contributed by atoms with Crippen molar-refractivity contribution in [3.63, 3.8) is 0 Å². The largest absolute Gasteiger partial charge is 0.352 e. The molecular formula is C11H15ClF2N2O. The highest BCUT2D eigenvalue weighted by Gasteiger charge is 2.10. The van der Waals surface area contributed by atoms with Gasteiger partial charge in [0.1, 0.15) is 11.6 Å². The summed E-state index contributed by atoms with van der Waals surface area (Å²) in [6.45, 7) is 2.07. The van der Waals surface area contributed by atoms with Crippen LogP contribution >= 0.6 is 12.4 Å². The zero-order valence-corrected chi connectivity index (χ0v) is 10.2. The third kappa shape index (κ3) is 5.10. The van der Waals surface area contributed by atoms with Gasteiger partial charge in [-0.3, -0.25) is 4.79 Å². The van der Waals surface area contributed by atoms with E-state index in [0.717, 1.165) is 12.1 Å². The molecule has 0 aliphatic carbocycles. The fourth-order valence-corrected chi connectivity index (χ4v) is 1.22. The van der Waals surface area contributed by atoms with Crippen LogP contribution in [-0.2, 0) is 11.2 Å². The molecule has 0 aliphatic heterocycles. The molecule has 0 saturated heterocycles. The third-order valence-corrected chi connectivity index (χ3v) is 2.13. The Morgan fingerprint density at radius 2 is 2.12 bits per heavy atom. The van der Waals surface area contributed by atoms with Gasteiger partial charge in [0.25, 0.3) is 0 Å². The number of hydrogen-bond acceptors (Lipinski definition) is 2. The quantitative estimate of drug-likeness (QED) is 0.864. The summed E-state index contributed by atoms with van der Waals surface area (Å²) in [6.07, 6.45) is -0.115. The number of rotatable bonds is 4. The Bertz CT molecular complexity index is 388. The SMILES string of the molecule is C[C@H](CN)NC(=O)Cc1ccc(F)cc1F.Cl. The zero-order chi connectivity index (χ0) is 12.1. The highest BCUT2D eigenvalue weighted by molar-refractivity contribution is 5.85. The molecule has 3 nitrogen and oxygen atoms in total. The topological polar surface area (TPSA) is 55.1 Å². The lowest BCUT2D eigenvalue weighted by molar-refractivity contribution is -0.121. The molecule has 96 valence electrons. The lowest BCUT2D eigenvalue weighted by Crippen LogP contribution is -2.38. The Hall–Kier alpha value is -1.20. The summed E-state index contributed by atoms with van der Waals surface area (Å²) in [5.74, 6) is -1.70. The first-order chi connectivity index (χ1) is 7.52. The molecule has 1 atom stereocenters. The van der Waals surface area contributed by atoms with Crippen LogP contribution in [0.25, 0.3) is 0 Å².